The first-order chi connectivity index (χ1) is 13.8. The zero-order valence-electron chi connectivity index (χ0n) is 17.8. The van der Waals surface area contributed by atoms with Gasteiger partial charge in [-0.2, -0.15) is 0 Å². The Morgan fingerprint density at radius 2 is 1.46 bits per heavy atom. The average molecular weight is 387 g/mol. The van der Waals surface area contributed by atoms with Crippen LogP contribution in [0.15, 0.2) is 36.4 Å². The minimum Gasteiger partial charge on any atom is -0.497 e. The van der Waals surface area contributed by atoms with Crippen LogP contribution >= 0.6 is 0 Å². The maximum Gasteiger partial charge on any atom is 0.133 e. The summed E-state index contributed by atoms with van der Waals surface area (Å²) in [6.07, 6.45) is 16.9. The van der Waals surface area contributed by atoms with Gasteiger partial charge in [0.1, 0.15) is 24.2 Å². The number of aliphatic hydroxyl groups excluding tert-OH is 1. The molecule has 0 saturated heterocycles. The predicted octanol–water partition coefficient (Wildman–Crippen LogP) is 6.31. The lowest BCUT2D eigenvalue weighted by atomic mass is 10.1. The maximum atomic E-state index is 9.84. The molecule has 3 heteroatoms. The van der Waals surface area contributed by atoms with E-state index in [1.54, 1.807) is 19.3 Å². The van der Waals surface area contributed by atoms with Gasteiger partial charge in [0.25, 0.3) is 0 Å². The van der Waals surface area contributed by atoms with Gasteiger partial charge >= 0.3 is 0 Å². The second kappa shape index (κ2) is 17.2. The lowest BCUT2D eigenvalue weighted by molar-refractivity contribution is 0.278. The van der Waals surface area contributed by atoms with Crippen molar-refractivity contribution in [1.82, 2.24) is 0 Å². The van der Waals surface area contributed by atoms with E-state index in [-0.39, 0.29) is 0 Å². The smallest absolute Gasteiger partial charge is 0.133 e. The molecular weight excluding hydrogens is 348 g/mol. The molecule has 0 bridgehead atoms. The van der Waals surface area contributed by atoms with Crippen molar-refractivity contribution in [1.29, 1.82) is 0 Å². The van der Waals surface area contributed by atoms with E-state index in [0.29, 0.717) is 6.61 Å². The zero-order valence-corrected chi connectivity index (χ0v) is 17.8. The third kappa shape index (κ3) is 13.3. The van der Waals surface area contributed by atoms with Crippen LogP contribution in [0.5, 0.6) is 11.5 Å². The highest BCUT2D eigenvalue weighted by Gasteiger charge is 1.95. The highest BCUT2D eigenvalue weighted by Crippen LogP contribution is 2.16. The molecule has 0 aliphatic heterocycles. The van der Waals surface area contributed by atoms with Crippen molar-refractivity contribution >= 4 is 0 Å². The van der Waals surface area contributed by atoms with Crippen LogP contribution in [0.3, 0.4) is 0 Å². The molecular formula is C25H38O3. The van der Waals surface area contributed by atoms with Gasteiger partial charge in [0.05, 0.1) is 7.11 Å². The molecule has 0 heterocycles. The Balaban J connectivity index is 1.99. The second-order valence-corrected chi connectivity index (χ2v) is 7.11. The number of aliphatic hydroxyl groups is 1. The summed E-state index contributed by atoms with van der Waals surface area (Å²) < 4.78 is 10.7. The number of unbranched alkanes of at least 4 members (excludes halogenated alkanes) is 10. The summed E-state index contributed by atoms with van der Waals surface area (Å²) in [5.41, 5.74) is 0. The fourth-order valence-electron chi connectivity index (χ4n) is 2.93. The Kier molecular flexibility index (Phi) is 14.8. The van der Waals surface area contributed by atoms with E-state index >= 15 is 0 Å². The molecule has 1 atom stereocenters. The Hall–Kier alpha value is -1.92. The first-order valence-corrected chi connectivity index (χ1v) is 10.9. The molecule has 1 N–H and O–H groups in total. The van der Waals surface area contributed by atoms with Gasteiger partial charge < -0.3 is 14.6 Å². The molecule has 156 valence electrons. The first kappa shape index (κ1) is 24.1. The predicted molar refractivity (Wildman–Crippen MR) is 118 cm³/mol. The molecule has 0 radical (unpaired) electrons. The van der Waals surface area contributed by atoms with Crippen molar-refractivity contribution in [3.05, 3.63) is 36.4 Å². The van der Waals surface area contributed by atoms with Crippen molar-refractivity contribution in [3.63, 3.8) is 0 Å². The number of ether oxygens (including phenoxy) is 2. The van der Waals surface area contributed by atoms with Crippen LogP contribution in [-0.2, 0) is 0 Å². The number of rotatable bonds is 15. The van der Waals surface area contributed by atoms with Gasteiger partial charge in [0, 0.05) is 6.42 Å². The van der Waals surface area contributed by atoms with Crippen molar-refractivity contribution in [2.45, 2.75) is 83.7 Å². The fourth-order valence-corrected chi connectivity index (χ4v) is 2.93. The van der Waals surface area contributed by atoms with Gasteiger partial charge in [-0.25, -0.2) is 0 Å². The number of methoxy groups -OCH3 is 1. The molecule has 28 heavy (non-hydrogen) atoms. The van der Waals surface area contributed by atoms with E-state index in [0.717, 1.165) is 24.3 Å². The largest absolute Gasteiger partial charge is 0.497 e. The van der Waals surface area contributed by atoms with E-state index in [1.807, 2.05) is 24.3 Å². The summed E-state index contributed by atoms with van der Waals surface area (Å²) in [4.78, 5) is 0. The molecule has 0 amide bonds. The summed E-state index contributed by atoms with van der Waals surface area (Å²) in [6.45, 7) is 2.67. The summed E-state index contributed by atoms with van der Waals surface area (Å²) in [5, 5.41) is 9.84. The number of hydrogen-bond acceptors (Lipinski definition) is 3. The van der Waals surface area contributed by atoms with Crippen LogP contribution in [0.1, 0.15) is 77.6 Å². The highest BCUT2D eigenvalue weighted by molar-refractivity contribution is 5.31. The van der Waals surface area contributed by atoms with Crippen molar-refractivity contribution < 1.29 is 14.6 Å². The van der Waals surface area contributed by atoms with Crippen molar-refractivity contribution in [3.8, 4) is 23.3 Å². The van der Waals surface area contributed by atoms with Gasteiger partial charge in [0.15, 0.2) is 0 Å². The molecule has 1 rings (SSSR count). The zero-order chi connectivity index (χ0) is 20.3. The maximum absolute atomic E-state index is 9.84. The minimum absolute atomic E-state index is 0.406. The van der Waals surface area contributed by atoms with Crippen LogP contribution in [0.25, 0.3) is 0 Å². The molecule has 0 spiro atoms. The van der Waals surface area contributed by atoms with E-state index < -0.39 is 6.10 Å². The van der Waals surface area contributed by atoms with Gasteiger partial charge in [0.2, 0.25) is 0 Å². The lowest BCUT2D eigenvalue weighted by Crippen LogP contribution is -1.99. The van der Waals surface area contributed by atoms with Crippen molar-refractivity contribution in [2.75, 3.05) is 13.7 Å². The Bertz CT molecular complexity index is 566. The first-order valence-electron chi connectivity index (χ1n) is 10.9. The molecule has 0 saturated carbocycles. The normalized spacial score (nSPS) is 11.8. The number of hydrogen-bond donors (Lipinski definition) is 1. The quantitative estimate of drug-likeness (QED) is 0.218. The Morgan fingerprint density at radius 3 is 2.07 bits per heavy atom. The van der Waals surface area contributed by atoms with Crippen LogP contribution in [-0.4, -0.2) is 24.9 Å². The van der Waals surface area contributed by atoms with E-state index in [1.165, 1.54) is 57.8 Å². The molecule has 0 aliphatic carbocycles. The Labute approximate surface area is 172 Å². The standard InChI is InChI=1S/C25H38O3/c1-3-4-5-6-7-8-9-10-11-12-13-14-16-23(26)17-15-22-28-25-20-18-24(27-2)19-21-25/h15,17-21,23,26H,3-13,22H2,1-2H3/b17-15+/t23-/m1/s1. The van der Waals surface area contributed by atoms with Crippen LogP contribution < -0.4 is 9.47 Å². The summed E-state index contributed by atoms with van der Waals surface area (Å²) in [6, 6.07) is 7.42. The number of benzene rings is 1. The van der Waals surface area contributed by atoms with Crippen molar-refractivity contribution in [2.24, 2.45) is 0 Å². The summed E-state index contributed by atoms with van der Waals surface area (Å²) in [5.74, 6) is 7.52. The highest BCUT2D eigenvalue weighted by atomic mass is 16.5. The molecule has 1 aromatic carbocycles. The van der Waals surface area contributed by atoms with E-state index in [4.69, 9.17) is 9.47 Å². The fraction of sp³-hybridized carbons (Fsp3) is 0.600. The third-order valence-electron chi connectivity index (χ3n) is 4.63. The monoisotopic (exact) mass is 386 g/mol. The second-order valence-electron chi connectivity index (χ2n) is 7.11. The van der Waals surface area contributed by atoms with Gasteiger partial charge in [-0.3, -0.25) is 0 Å². The lowest BCUT2D eigenvalue weighted by Gasteiger charge is -2.04. The van der Waals surface area contributed by atoms with E-state index in [9.17, 15) is 5.11 Å². The van der Waals surface area contributed by atoms with E-state index in [2.05, 4.69) is 18.8 Å². The topological polar surface area (TPSA) is 38.7 Å². The Morgan fingerprint density at radius 1 is 0.893 bits per heavy atom. The minimum atomic E-state index is -0.720. The SMILES string of the molecule is CCCCCCCCCCCCC#C[C@@H](O)/C=C/COc1ccc(OC)cc1. The third-order valence-corrected chi connectivity index (χ3v) is 4.63. The summed E-state index contributed by atoms with van der Waals surface area (Å²) >= 11 is 0. The average Bonchev–Trinajstić information content (AvgIpc) is 2.72. The van der Waals surface area contributed by atoms with Crippen LogP contribution in [0.4, 0.5) is 0 Å². The van der Waals surface area contributed by atoms with Gasteiger partial charge in [-0.15, -0.1) is 5.92 Å². The van der Waals surface area contributed by atoms with Crippen LogP contribution in [0, 0.1) is 11.8 Å². The summed E-state index contributed by atoms with van der Waals surface area (Å²) in [7, 11) is 1.64. The van der Waals surface area contributed by atoms with Gasteiger partial charge in [-0.1, -0.05) is 70.6 Å². The molecule has 0 unspecified atom stereocenters. The van der Waals surface area contributed by atoms with Gasteiger partial charge in [-0.05, 0) is 42.8 Å². The molecule has 3 nitrogen and oxygen atoms in total. The molecule has 1 aromatic rings. The molecule has 0 aliphatic rings. The van der Waals surface area contributed by atoms with Crippen LogP contribution in [0.2, 0.25) is 0 Å². The molecule has 0 aromatic heterocycles. The molecule has 0 fully saturated rings.